The molecule has 1 radical (unpaired) electrons. The van der Waals surface area contributed by atoms with Crippen LogP contribution in [-0.4, -0.2) is 69.6 Å². The summed E-state index contributed by atoms with van der Waals surface area (Å²) in [7, 11) is -9.28. The van der Waals surface area contributed by atoms with Gasteiger partial charge in [0.15, 0.2) is 0 Å². The molecule has 2 rings (SSSR count). The SMILES string of the molecule is CC(C)c1cc(C(C)C)[c]([Sn+][c]2c(C([Si](C)(C)C)[Si](C)(C)C)cc(C([Si](C)(C)C)[Si](C)(C)C)cc2C([Si](C)(C)C)[Si](C)(C)C)c(C(C)C)c1. The van der Waals surface area contributed by atoms with Crippen LogP contribution in [0.4, 0.5) is 0 Å². The third-order valence-electron chi connectivity index (χ3n) is 10.8. The van der Waals surface area contributed by atoms with Gasteiger partial charge in [-0.3, -0.25) is 0 Å². The van der Waals surface area contributed by atoms with E-state index in [1.54, 1.807) is 22.3 Å². The fraction of sp³-hybridized carbons (Fsp3) is 0.714. The number of hydrogen-bond acceptors (Lipinski definition) is 0. The van der Waals surface area contributed by atoms with E-state index in [-0.39, 0.29) is 0 Å². The van der Waals surface area contributed by atoms with Crippen LogP contribution in [0.25, 0.3) is 0 Å². The molecule has 7 heteroatoms. The van der Waals surface area contributed by atoms with Crippen molar-refractivity contribution in [1.29, 1.82) is 0 Å². The van der Waals surface area contributed by atoms with Gasteiger partial charge < -0.3 is 0 Å². The molecule has 0 aromatic heterocycles. The van der Waals surface area contributed by atoms with Crippen LogP contribution in [0.1, 0.15) is 108 Å². The van der Waals surface area contributed by atoms with E-state index < -0.39 is 69.6 Å². The zero-order chi connectivity index (χ0) is 38.6. The quantitative estimate of drug-likeness (QED) is 0.166. The molecule has 0 aliphatic heterocycles. The first-order valence-electron chi connectivity index (χ1n) is 19.7. The van der Waals surface area contributed by atoms with Crippen LogP contribution >= 0.6 is 0 Å². The Hall–Kier alpha value is 0.540. The van der Waals surface area contributed by atoms with Gasteiger partial charge in [-0.2, -0.15) is 0 Å². The van der Waals surface area contributed by atoms with Crippen LogP contribution in [0.2, 0.25) is 118 Å². The van der Waals surface area contributed by atoms with Crippen molar-refractivity contribution in [3.63, 3.8) is 0 Å². The summed E-state index contributed by atoms with van der Waals surface area (Å²) in [6, 6.07) is 11.2. The number of benzene rings is 2. The third kappa shape index (κ3) is 11.3. The zero-order valence-corrected chi connectivity index (χ0v) is 46.1. The molecule has 0 fully saturated rings. The van der Waals surface area contributed by atoms with Gasteiger partial charge in [-0.1, -0.05) is 0 Å². The molecule has 0 bridgehead atoms. The molecule has 0 atom stereocenters. The Bertz CT molecular complexity index is 1310. The van der Waals surface area contributed by atoms with Crippen LogP contribution in [0.3, 0.4) is 0 Å². The van der Waals surface area contributed by atoms with Crippen LogP contribution in [-0.2, 0) is 0 Å². The molecule has 0 N–H and O–H groups in total. The van der Waals surface area contributed by atoms with Crippen molar-refractivity contribution in [2.24, 2.45) is 0 Å². The standard InChI is InChI=1S/C27H59Si6.C15H23.Sn/c1-28(2,3)25(29(4,5)6)22-19-23(26(30(7,8)9)31(10,11)12)21-24(20-22)27(32(13,14)15)33(16,17)18;1-10(2)13-7-14(11(3)4)9-15(8-13)12(5)6;/h19-20,25-27H,1-18H3;7-8,10-12H,1-6H3;/q;;+1. The van der Waals surface area contributed by atoms with E-state index in [0.717, 1.165) is 15.5 Å². The Balaban J connectivity index is 3.48. The maximum atomic E-state index is 2.94. The fourth-order valence-corrected chi connectivity index (χ4v) is 55.9. The van der Waals surface area contributed by atoms with Crippen molar-refractivity contribution < 1.29 is 0 Å². The Labute approximate surface area is 324 Å². The Morgan fingerprint density at radius 3 is 0.796 bits per heavy atom. The predicted molar refractivity (Wildman–Crippen MR) is 248 cm³/mol. The van der Waals surface area contributed by atoms with Gasteiger partial charge in [0.2, 0.25) is 0 Å². The van der Waals surface area contributed by atoms with E-state index in [2.05, 4.69) is 184 Å². The second-order valence-electron chi connectivity index (χ2n) is 23.2. The summed E-state index contributed by atoms with van der Waals surface area (Å²) in [5, 5.41) is 2.30. The van der Waals surface area contributed by atoms with E-state index in [1.165, 1.54) is 0 Å². The van der Waals surface area contributed by atoms with Gasteiger partial charge in [0.25, 0.3) is 0 Å². The first kappa shape index (κ1) is 45.7. The molecule has 0 aliphatic carbocycles. The fourth-order valence-electron chi connectivity index (χ4n) is 10.5. The third-order valence-corrected chi connectivity index (χ3v) is 43.4. The first-order chi connectivity index (χ1) is 21.6. The minimum atomic E-state index is -1.57. The molecule has 277 valence electrons. The average molecular weight is 874 g/mol. The summed E-state index contributed by atoms with van der Waals surface area (Å²) in [5.41, 5.74) is 10.5. The monoisotopic (exact) mass is 874 g/mol. The Kier molecular flexibility index (Phi) is 14.7. The van der Waals surface area contributed by atoms with Crippen molar-refractivity contribution in [3.05, 3.63) is 57.6 Å². The van der Waals surface area contributed by atoms with E-state index in [0.29, 0.717) is 17.8 Å². The molecule has 2 aromatic carbocycles. The van der Waals surface area contributed by atoms with Crippen molar-refractivity contribution in [2.45, 2.75) is 193 Å². The summed E-state index contributed by atoms with van der Waals surface area (Å²) in [4.78, 5) is 0. The van der Waals surface area contributed by atoms with E-state index >= 15 is 0 Å². The van der Waals surface area contributed by atoms with Crippen LogP contribution in [0.5, 0.6) is 0 Å². The molecule has 0 heterocycles. The first-order valence-corrected chi connectivity index (χ1v) is 44.1. The van der Waals surface area contributed by atoms with Crippen molar-refractivity contribution in [1.82, 2.24) is 0 Å². The molecular weight excluding hydrogens is 792 g/mol. The molecule has 0 nitrogen and oxygen atoms in total. The molecule has 0 spiro atoms. The summed E-state index contributed by atoms with van der Waals surface area (Å²) in [6.45, 7) is 63.4. The average Bonchev–Trinajstić information content (AvgIpc) is 2.79. The Morgan fingerprint density at radius 2 is 0.571 bits per heavy atom. The molecule has 2 aromatic rings. The molecular formula is C42H82Si6Sn+. The summed E-state index contributed by atoms with van der Waals surface area (Å²) in [6.07, 6.45) is 0. The van der Waals surface area contributed by atoms with Gasteiger partial charge in [0.1, 0.15) is 0 Å². The topological polar surface area (TPSA) is 0 Å². The molecule has 0 saturated carbocycles. The normalized spacial score (nSPS) is 14.4. The van der Waals surface area contributed by atoms with E-state index in [9.17, 15) is 0 Å². The van der Waals surface area contributed by atoms with Gasteiger partial charge in [0, 0.05) is 0 Å². The second kappa shape index (κ2) is 15.7. The summed E-state index contributed by atoms with van der Waals surface area (Å²) < 4.78 is 3.78. The zero-order valence-electron chi connectivity index (χ0n) is 37.3. The van der Waals surface area contributed by atoms with E-state index in [4.69, 9.17) is 0 Å². The second-order valence-corrected chi connectivity index (χ2v) is 60.4. The van der Waals surface area contributed by atoms with Crippen molar-refractivity contribution >= 4 is 76.7 Å². The van der Waals surface area contributed by atoms with E-state index in [1.807, 2.05) is 18.3 Å². The number of rotatable bonds is 14. The van der Waals surface area contributed by atoms with Gasteiger partial charge in [-0.05, 0) is 0 Å². The van der Waals surface area contributed by atoms with Crippen molar-refractivity contribution in [2.75, 3.05) is 0 Å². The molecule has 0 saturated heterocycles. The molecule has 0 aliphatic rings. The van der Waals surface area contributed by atoms with Gasteiger partial charge in [0.05, 0.1) is 0 Å². The number of hydrogen-bond donors (Lipinski definition) is 0. The van der Waals surface area contributed by atoms with Crippen LogP contribution < -0.4 is 7.16 Å². The summed E-state index contributed by atoms with van der Waals surface area (Å²) >= 11 is -1.21. The van der Waals surface area contributed by atoms with Gasteiger partial charge >= 0.3 is 327 Å². The predicted octanol–water partition coefficient (Wildman–Crippen LogP) is 13.2. The molecule has 49 heavy (non-hydrogen) atoms. The molecule has 0 amide bonds. The van der Waals surface area contributed by atoms with Crippen LogP contribution in [0.15, 0.2) is 24.3 Å². The maximum absolute atomic E-state index is 2.94. The van der Waals surface area contributed by atoms with Crippen LogP contribution in [0, 0.1) is 0 Å². The molecule has 0 unspecified atom stereocenters. The summed E-state index contributed by atoms with van der Waals surface area (Å²) in [5.74, 6) is 1.67. The Morgan fingerprint density at radius 1 is 0.327 bits per heavy atom. The van der Waals surface area contributed by atoms with Crippen molar-refractivity contribution in [3.8, 4) is 0 Å². The minimum absolute atomic E-state index is 0.552. The van der Waals surface area contributed by atoms with Gasteiger partial charge in [-0.15, -0.1) is 0 Å². The van der Waals surface area contributed by atoms with Gasteiger partial charge in [-0.25, -0.2) is 0 Å².